The number of benzene rings is 1. The normalized spacial score (nSPS) is 17.3. The van der Waals surface area contributed by atoms with Crippen molar-refractivity contribution in [1.82, 2.24) is 0 Å². The summed E-state index contributed by atoms with van der Waals surface area (Å²) in [4.78, 5) is 0. The van der Waals surface area contributed by atoms with Gasteiger partial charge in [-0.1, -0.05) is 0 Å². The molecular formula is C11H14BrNO2. The van der Waals surface area contributed by atoms with Crippen LogP contribution in [0.25, 0.3) is 0 Å². The van der Waals surface area contributed by atoms with Crippen molar-refractivity contribution in [1.29, 1.82) is 0 Å². The highest BCUT2D eigenvalue weighted by atomic mass is 79.9. The Balaban J connectivity index is 2.49. The van der Waals surface area contributed by atoms with Gasteiger partial charge in [0.05, 0.1) is 14.2 Å². The largest absolute Gasteiger partial charge is 0.495 e. The van der Waals surface area contributed by atoms with Gasteiger partial charge in [-0.15, -0.1) is 0 Å². The maximum Gasteiger partial charge on any atom is 0.137 e. The van der Waals surface area contributed by atoms with Crippen LogP contribution >= 0.6 is 15.9 Å². The van der Waals surface area contributed by atoms with E-state index in [1.807, 2.05) is 12.1 Å². The molecule has 1 aliphatic rings. The van der Waals surface area contributed by atoms with Gasteiger partial charge in [-0.25, -0.2) is 0 Å². The van der Waals surface area contributed by atoms with Crippen LogP contribution in [0.3, 0.4) is 0 Å². The summed E-state index contributed by atoms with van der Waals surface area (Å²) in [6.45, 7) is 0. The number of hydrogen-bond donors (Lipinski definition) is 1. The van der Waals surface area contributed by atoms with E-state index < -0.39 is 0 Å². The molecule has 0 bridgehead atoms. The molecule has 0 unspecified atom stereocenters. The molecular weight excluding hydrogens is 258 g/mol. The summed E-state index contributed by atoms with van der Waals surface area (Å²) in [6.07, 6.45) is 2.06. The molecule has 0 radical (unpaired) electrons. The molecule has 2 N–H and O–H groups in total. The highest BCUT2D eigenvalue weighted by molar-refractivity contribution is 9.10. The van der Waals surface area contributed by atoms with Crippen LogP contribution in [0.15, 0.2) is 16.6 Å². The first-order valence-corrected chi connectivity index (χ1v) is 5.61. The lowest BCUT2D eigenvalue weighted by Gasteiger charge is -2.15. The van der Waals surface area contributed by atoms with Crippen molar-refractivity contribution in [2.45, 2.75) is 18.4 Å². The molecule has 0 amide bonds. The van der Waals surface area contributed by atoms with Crippen molar-refractivity contribution in [2.24, 2.45) is 5.73 Å². The zero-order valence-corrected chi connectivity index (χ0v) is 10.4. The van der Waals surface area contributed by atoms with E-state index in [4.69, 9.17) is 15.2 Å². The number of ether oxygens (including phenoxy) is 2. The minimum absolute atomic E-state index is 0.165. The summed E-state index contributed by atoms with van der Waals surface area (Å²) in [6, 6.07) is 3.94. The molecule has 15 heavy (non-hydrogen) atoms. The van der Waals surface area contributed by atoms with Crippen molar-refractivity contribution < 1.29 is 9.47 Å². The van der Waals surface area contributed by atoms with Crippen LogP contribution in [0.5, 0.6) is 11.5 Å². The van der Waals surface area contributed by atoms with Gasteiger partial charge in [0, 0.05) is 5.54 Å². The first-order chi connectivity index (χ1) is 7.10. The molecule has 2 rings (SSSR count). The zero-order valence-electron chi connectivity index (χ0n) is 8.84. The van der Waals surface area contributed by atoms with E-state index >= 15 is 0 Å². The van der Waals surface area contributed by atoms with E-state index in [1.54, 1.807) is 14.2 Å². The standard InChI is InChI=1S/C11H14BrNO2/c1-14-8-5-7(11(13)3-4-11)6-9(15-2)10(8)12/h5-6H,3-4,13H2,1-2H3. The molecule has 1 aromatic rings. The van der Waals surface area contributed by atoms with Gasteiger partial charge in [-0.3, -0.25) is 0 Å². The van der Waals surface area contributed by atoms with Crippen molar-refractivity contribution in [3.8, 4) is 11.5 Å². The monoisotopic (exact) mass is 271 g/mol. The van der Waals surface area contributed by atoms with E-state index in [9.17, 15) is 0 Å². The Hall–Kier alpha value is -0.740. The Morgan fingerprint density at radius 2 is 1.67 bits per heavy atom. The fraction of sp³-hybridized carbons (Fsp3) is 0.455. The van der Waals surface area contributed by atoms with E-state index in [-0.39, 0.29) is 5.54 Å². The first-order valence-electron chi connectivity index (χ1n) is 4.81. The minimum Gasteiger partial charge on any atom is -0.495 e. The van der Waals surface area contributed by atoms with E-state index in [1.165, 1.54) is 0 Å². The number of hydrogen-bond acceptors (Lipinski definition) is 3. The Kier molecular flexibility index (Phi) is 2.64. The van der Waals surface area contributed by atoms with Gasteiger partial charge in [-0.2, -0.15) is 0 Å². The van der Waals surface area contributed by atoms with Crippen LogP contribution in [0.4, 0.5) is 0 Å². The molecule has 4 heteroatoms. The minimum atomic E-state index is -0.165. The molecule has 0 aliphatic heterocycles. The van der Waals surface area contributed by atoms with E-state index in [0.717, 1.165) is 34.4 Å². The molecule has 1 saturated carbocycles. The highest BCUT2D eigenvalue weighted by Gasteiger charge is 2.40. The summed E-state index contributed by atoms with van der Waals surface area (Å²) < 4.78 is 11.4. The van der Waals surface area contributed by atoms with Gasteiger partial charge in [0.25, 0.3) is 0 Å². The Morgan fingerprint density at radius 1 is 1.20 bits per heavy atom. The molecule has 3 nitrogen and oxygen atoms in total. The Bertz CT molecular complexity index is 363. The van der Waals surface area contributed by atoms with Crippen LogP contribution in [-0.4, -0.2) is 14.2 Å². The predicted molar refractivity (Wildman–Crippen MR) is 62.3 cm³/mol. The van der Waals surface area contributed by atoms with Crippen LogP contribution in [0, 0.1) is 0 Å². The van der Waals surface area contributed by atoms with Crippen molar-refractivity contribution in [2.75, 3.05) is 14.2 Å². The quantitative estimate of drug-likeness (QED) is 0.919. The average Bonchev–Trinajstić information content (AvgIpc) is 2.98. The fourth-order valence-electron chi connectivity index (χ4n) is 1.58. The summed E-state index contributed by atoms with van der Waals surface area (Å²) in [5, 5.41) is 0. The smallest absolute Gasteiger partial charge is 0.137 e. The van der Waals surface area contributed by atoms with Gasteiger partial charge < -0.3 is 15.2 Å². The van der Waals surface area contributed by atoms with Crippen LogP contribution in [-0.2, 0) is 5.54 Å². The number of nitrogens with two attached hydrogens (primary N) is 1. The number of halogens is 1. The van der Waals surface area contributed by atoms with E-state index in [2.05, 4.69) is 15.9 Å². The van der Waals surface area contributed by atoms with Crippen LogP contribution < -0.4 is 15.2 Å². The average molecular weight is 272 g/mol. The predicted octanol–water partition coefficient (Wildman–Crippen LogP) is 2.41. The van der Waals surface area contributed by atoms with Crippen LogP contribution in [0.2, 0.25) is 0 Å². The number of rotatable bonds is 3. The third kappa shape index (κ3) is 1.84. The Morgan fingerprint density at radius 3 is 2.00 bits per heavy atom. The molecule has 1 aromatic carbocycles. The molecule has 1 fully saturated rings. The summed E-state index contributed by atoms with van der Waals surface area (Å²) in [7, 11) is 3.28. The number of methoxy groups -OCH3 is 2. The van der Waals surface area contributed by atoms with Gasteiger partial charge >= 0.3 is 0 Å². The summed E-state index contributed by atoms with van der Waals surface area (Å²) >= 11 is 3.43. The molecule has 82 valence electrons. The molecule has 0 atom stereocenters. The fourth-order valence-corrected chi connectivity index (χ4v) is 2.13. The molecule has 1 aliphatic carbocycles. The molecule has 0 saturated heterocycles. The van der Waals surface area contributed by atoms with Gasteiger partial charge in [-0.05, 0) is 46.5 Å². The SMILES string of the molecule is COc1cc(C2(N)CC2)cc(OC)c1Br. The van der Waals surface area contributed by atoms with E-state index in [0.29, 0.717) is 0 Å². The second-order valence-electron chi connectivity index (χ2n) is 3.85. The molecule has 0 aromatic heterocycles. The van der Waals surface area contributed by atoms with Crippen molar-refractivity contribution >= 4 is 15.9 Å². The summed E-state index contributed by atoms with van der Waals surface area (Å²) in [5.41, 5.74) is 7.06. The first kappa shape index (κ1) is 10.8. The second-order valence-corrected chi connectivity index (χ2v) is 4.64. The molecule has 0 spiro atoms. The van der Waals surface area contributed by atoms with Gasteiger partial charge in [0.1, 0.15) is 16.0 Å². The maximum absolute atomic E-state index is 6.14. The Labute approximate surface area is 97.7 Å². The highest BCUT2D eigenvalue weighted by Crippen LogP contribution is 2.47. The van der Waals surface area contributed by atoms with Gasteiger partial charge in [0.2, 0.25) is 0 Å². The maximum atomic E-state index is 6.14. The lowest BCUT2D eigenvalue weighted by atomic mass is 10.1. The van der Waals surface area contributed by atoms with Crippen molar-refractivity contribution in [3.63, 3.8) is 0 Å². The van der Waals surface area contributed by atoms with Gasteiger partial charge in [0.15, 0.2) is 0 Å². The third-order valence-corrected chi connectivity index (χ3v) is 3.59. The lowest BCUT2D eigenvalue weighted by Crippen LogP contribution is -2.18. The van der Waals surface area contributed by atoms with Crippen molar-refractivity contribution in [3.05, 3.63) is 22.2 Å². The third-order valence-electron chi connectivity index (χ3n) is 2.81. The zero-order chi connectivity index (χ0) is 11.1. The second kappa shape index (κ2) is 3.68. The lowest BCUT2D eigenvalue weighted by molar-refractivity contribution is 0.387. The summed E-state index contributed by atoms with van der Waals surface area (Å²) in [5.74, 6) is 1.53. The topological polar surface area (TPSA) is 44.5 Å². The molecule has 0 heterocycles. The van der Waals surface area contributed by atoms with Crippen LogP contribution in [0.1, 0.15) is 18.4 Å².